The van der Waals surface area contributed by atoms with Crippen LogP contribution in [0.3, 0.4) is 0 Å². The first-order valence-electron chi connectivity index (χ1n) is 6.37. The SMILES string of the molecule is CC(C)CCS(=O)(=O)N1CCC2(C1)NC(=O)NC2=O. The molecule has 19 heavy (non-hydrogen) atoms. The standard InChI is InChI=1S/C11H19N3O4S/c1-8(2)3-6-19(17,18)14-5-4-11(7-14)9(15)12-10(16)13-11/h8H,3-7H2,1-2H3,(H2,12,13,15,16). The van der Waals surface area contributed by atoms with E-state index in [9.17, 15) is 18.0 Å². The monoisotopic (exact) mass is 289 g/mol. The maximum absolute atomic E-state index is 12.1. The van der Waals surface area contributed by atoms with Crippen LogP contribution in [0.25, 0.3) is 0 Å². The molecule has 8 heteroatoms. The van der Waals surface area contributed by atoms with Crippen molar-refractivity contribution in [1.29, 1.82) is 0 Å². The second-order valence-electron chi connectivity index (χ2n) is 5.57. The van der Waals surface area contributed by atoms with E-state index in [4.69, 9.17) is 0 Å². The van der Waals surface area contributed by atoms with Crippen LogP contribution >= 0.6 is 0 Å². The lowest BCUT2D eigenvalue weighted by molar-refractivity contribution is -0.123. The van der Waals surface area contributed by atoms with Crippen LogP contribution in [0.4, 0.5) is 4.79 Å². The molecule has 2 aliphatic rings. The second kappa shape index (κ2) is 4.75. The minimum atomic E-state index is -3.36. The average Bonchev–Trinajstić information content (AvgIpc) is 2.83. The topological polar surface area (TPSA) is 95.6 Å². The summed E-state index contributed by atoms with van der Waals surface area (Å²) in [7, 11) is -3.36. The Labute approximate surface area is 112 Å². The number of hydrogen-bond acceptors (Lipinski definition) is 4. The van der Waals surface area contributed by atoms with Crippen molar-refractivity contribution in [2.45, 2.75) is 32.2 Å². The van der Waals surface area contributed by atoms with Gasteiger partial charge in [0, 0.05) is 13.1 Å². The van der Waals surface area contributed by atoms with E-state index in [-0.39, 0.29) is 18.8 Å². The minimum Gasteiger partial charge on any atom is -0.322 e. The van der Waals surface area contributed by atoms with E-state index < -0.39 is 27.5 Å². The molecule has 7 nitrogen and oxygen atoms in total. The molecule has 0 aromatic heterocycles. The predicted molar refractivity (Wildman–Crippen MR) is 68.8 cm³/mol. The van der Waals surface area contributed by atoms with Gasteiger partial charge in [-0.3, -0.25) is 10.1 Å². The molecule has 2 fully saturated rings. The summed E-state index contributed by atoms with van der Waals surface area (Å²) < 4.78 is 25.6. The lowest BCUT2D eigenvalue weighted by Crippen LogP contribution is -2.49. The molecule has 2 N–H and O–H groups in total. The number of sulfonamides is 1. The first-order valence-corrected chi connectivity index (χ1v) is 7.97. The lowest BCUT2D eigenvalue weighted by atomic mass is 10.00. The van der Waals surface area contributed by atoms with E-state index in [1.54, 1.807) is 0 Å². The molecule has 1 unspecified atom stereocenters. The van der Waals surface area contributed by atoms with Crippen molar-refractivity contribution in [1.82, 2.24) is 14.9 Å². The van der Waals surface area contributed by atoms with Gasteiger partial charge in [0.2, 0.25) is 10.0 Å². The third kappa shape index (κ3) is 2.74. The Hall–Kier alpha value is -1.15. The van der Waals surface area contributed by atoms with Crippen molar-refractivity contribution >= 4 is 22.0 Å². The summed E-state index contributed by atoms with van der Waals surface area (Å²) in [6.07, 6.45) is 0.913. The van der Waals surface area contributed by atoms with E-state index in [2.05, 4.69) is 10.6 Å². The predicted octanol–water partition coefficient (Wildman–Crippen LogP) is -0.354. The molecule has 2 rings (SSSR count). The molecule has 2 saturated heterocycles. The van der Waals surface area contributed by atoms with E-state index in [0.717, 1.165) is 0 Å². The Kier molecular flexibility index (Phi) is 3.57. The van der Waals surface area contributed by atoms with Crippen LogP contribution in [0, 0.1) is 5.92 Å². The van der Waals surface area contributed by atoms with Gasteiger partial charge >= 0.3 is 6.03 Å². The van der Waals surface area contributed by atoms with E-state index >= 15 is 0 Å². The van der Waals surface area contributed by atoms with Crippen LogP contribution in [0.1, 0.15) is 26.7 Å². The molecular weight excluding hydrogens is 270 g/mol. The molecule has 2 heterocycles. The van der Waals surface area contributed by atoms with Crippen LogP contribution in [-0.2, 0) is 14.8 Å². The first kappa shape index (κ1) is 14.3. The highest BCUT2D eigenvalue weighted by Crippen LogP contribution is 2.27. The molecule has 108 valence electrons. The van der Waals surface area contributed by atoms with Gasteiger partial charge in [-0.1, -0.05) is 13.8 Å². The van der Waals surface area contributed by atoms with Crippen LogP contribution in [0.5, 0.6) is 0 Å². The van der Waals surface area contributed by atoms with Crippen molar-refractivity contribution in [3.05, 3.63) is 0 Å². The Bertz CT molecular complexity index is 502. The third-order valence-corrected chi connectivity index (χ3v) is 5.45. The highest BCUT2D eigenvalue weighted by atomic mass is 32.2. The van der Waals surface area contributed by atoms with Crippen molar-refractivity contribution in [2.24, 2.45) is 5.92 Å². The third-order valence-electron chi connectivity index (χ3n) is 3.60. The highest BCUT2D eigenvalue weighted by molar-refractivity contribution is 7.89. The number of urea groups is 1. The number of carbonyl (C=O) groups excluding carboxylic acids is 2. The molecule has 0 aromatic carbocycles. The highest BCUT2D eigenvalue weighted by Gasteiger charge is 2.52. The number of nitrogens with zero attached hydrogens (tertiary/aromatic N) is 1. The lowest BCUT2D eigenvalue weighted by Gasteiger charge is -2.21. The normalized spacial score (nSPS) is 28.2. The Morgan fingerprint density at radius 2 is 2.05 bits per heavy atom. The fourth-order valence-electron chi connectivity index (χ4n) is 2.34. The summed E-state index contributed by atoms with van der Waals surface area (Å²) in [5, 5.41) is 4.70. The summed E-state index contributed by atoms with van der Waals surface area (Å²) in [6, 6.07) is -0.550. The van der Waals surface area contributed by atoms with Crippen LogP contribution in [0.15, 0.2) is 0 Å². The summed E-state index contributed by atoms with van der Waals surface area (Å²) in [4.78, 5) is 22.9. The largest absolute Gasteiger partial charge is 0.322 e. The smallest absolute Gasteiger partial charge is 0.322 e. The van der Waals surface area contributed by atoms with Gasteiger partial charge in [-0.05, 0) is 18.8 Å². The van der Waals surface area contributed by atoms with E-state index in [1.165, 1.54) is 4.31 Å². The van der Waals surface area contributed by atoms with Crippen LogP contribution < -0.4 is 10.6 Å². The summed E-state index contributed by atoms with van der Waals surface area (Å²) in [5.41, 5.74) is -1.07. The number of carbonyl (C=O) groups is 2. The Balaban J connectivity index is 2.06. The van der Waals surface area contributed by atoms with Crippen molar-refractivity contribution in [2.75, 3.05) is 18.8 Å². The number of hydrogen-bond donors (Lipinski definition) is 2. The van der Waals surface area contributed by atoms with Gasteiger partial charge in [0.15, 0.2) is 0 Å². The van der Waals surface area contributed by atoms with Crippen LogP contribution in [0.2, 0.25) is 0 Å². The zero-order valence-corrected chi connectivity index (χ0v) is 11.9. The second-order valence-corrected chi connectivity index (χ2v) is 7.66. The molecule has 1 atom stereocenters. The van der Waals surface area contributed by atoms with E-state index in [0.29, 0.717) is 18.8 Å². The van der Waals surface area contributed by atoms with Crippen molar-refractivity contribution < 1.29 is 18.0 Å². The molecule has 0 bridgehead atoms. The van der Waals surface area contributed by atoms with Gasteiger partial charge in [0.25, 0.3) is 5.91 Å². The van der Waals surface area contributed by atoms with Gasteiger partial charge in [-0.15, -0.1) is 0 Å². The molecule has 0 aliphatic carbocycles. The Morgan fingerprint density at radius 3 is 2.58 bits per heavy atom. The maximum atomic E-state index is 12.1. The number of nitrogens with one attached hydrogen (secondary N) is 2. The Morgan fingerprint density at radius 1 is 1.37 bits per heavy atom. The fourth-order valence-corrected chi connectivity index (χ4v) is 4.16. The summed E-state index contributed by atoms with van der Waals surface area (Å²) in [5.74, 6) is -0.0454. The first-order chi connectivity index (χ1) is 8.75. The molecule has 0 radical (unpaired) electrons. The summed E-state index contributed by atoms with van der Waals surface area (Å²) >= 11 is 0. The molecule has 0 aromatic rings. The molecule has 2 aliphatic heterocycles. The molecule has 1 spiro atoms. The summed E-state index contributed by atoms with van der Waals surface area (Å²) in [6.45, 7) is 4.23. The van der Waals surface area contributed by atoms with Gasteiger partial charge < -0.3 is 5.32 Å². The average molecular weight is 289 g/mol. The van der Waals surface area contributed by atoms with Gasteiger partial charge in [-0.25, -0.2) is 13.2 Å². The zero-order valence-electron chi connectivity index (χ0n) is 11.1. The molecule has 3 amide bonds. The van der Waals surface area contributed by atoms with Crippen molar-refractivity contribution in [3.63, 3.8) is 0 Å². The van der Waals surface area contributed by atoms with Gasteiger partial charge in [0.05, 0.1) is 5.75 Å². The van der Waals surface area contributed by atoms with Gasteiger partial charge in [0.1, 0.15) is 5.54 Å². The molecule has 0 saturated carbocycles. The molecular formula is C11H19N3O4S. The fraction of sp³-hybridized carbons (Fsp3) is 0.818. The number of amides is 3. The number of rotatable bonds is 4. The minimum absolute atomic E-state index is 0.0327. The maximum Gasteiger partial charge on any atom is 0.322 e. The quantitative estimate of drug-likeness (QED) is 0.691. The van der Waals surface area contributed by atoms with Gasteiger partial charge in [-0.2, -0.15) is 4.31 Å². The number of imide groups is 1. The van der Waals surface area contributed by atoms with E-state index in [1.807, 2.05) is 13.8 Å². The van der Waals surface area contributed by atoms with Crippen molar-refractivity contribution in [3.8, 4) is 0 Å². The zero-order chi connectivity index (χ0) is 14.3. The van der Waals surface area contributed by atoms with Crippen LogP contribution in [-0.4, -0.2) is 49.0 Å².